The van der Waals surface area contributed by atoms with Crippen molar-refractivity contribution in [1.29, 1.82) is 0 Å². The van der Waals surface area contributed by atoms with Gasteiger partial charge in [0.15, 0.2) is 0 Å². The molecule has 0 fully saturated rings. The fourth-order valence-corrected chi connectivity index (χ4v) is 4.12. The molecule has 1 amide bonds. The zero-order valence-electron chi connectivity index (χ0n) is 15.5. The minimum absolute atomic E-state index is 0.123. The summed E-state index contributed by atoms with van der Waals surface area (Å²) >= 11 is 0. The number of carbonyl (C=O) groups is 1. The third kappa shape index (κ3) is 4.88. The van der Waals surface area contributed by atoms with Gasteiger partial charge < -0.3 is 10.1 Å². The summed E-state index contributed by atoms with van der Waals surface area (Å²) in [5, 5.41) is 2.16. The highest BCUT2D eigenvalue weighted by Crippen LogP contribution is 2.34. The largest absolute Gasteiger partial charge is 0.501 e. The predicted octanol–water partition coefficient (Wildman–Crippen LogP) is 1.64. The van der Waals surface area contributed by atoms with Crippen LogP contribution < -0.4 is 10.1 Å². The molecule has 1 aromatic heterocycles. The van der Waals surface area contributed by atoms with Crippen LogP contribution in [0.5, 0.6) is 5.75 Å². The topological polar surface area (TPSA) is 123 Å². The lowest BCUT2D eigenvalue weighted by molar-refractivity contribution is -0.116. The number of ether oxygens (including phenoxy) is 1. The second kappa shape index (κ2) is 8.57. The second-order valence-electron chi connectivity index (χ2n) is 5.81. The van der Waals surface area contributed by atoms with Gasteiger partial charge in [-0.05, 0) is 30.3 Å². The van der Waals surface area contributed by atoms with Gasteiger partial charge in [-0.25, -0.2) is 16.8 Å². The van der Waals surface area contributed by atoms with Crippen LogP contribution in [0.1, 0.15) is 0 Å². The Morgan fingerprint density at radius 2 is 1.83 bits per heavy atom. The molecule has 0 spiro atoms. The van der Waals surface area contributed by atoms with Crippen LogP contribution in [0.15, 0.2) is 52.5 Å². The predicted molar refractivity (Wildman–Crippen MR) is 98.9 cm³/mol. The molecule has 1 N–H and O–H groups in total. The Morgan fingerprint density at radius 1 is 1.17 bits per heavy atom. The van der Waals surface area contributed by atoms with Gasteiger partial charge in [0.1, 0.15) is 10.6 Å². The molecule has 1 heterocycles. The van der Waals surface area contributed by atoms with Crippen molar-refractivity contribution in [3.05, 3.63) is 42.7 Å². The van der Waals surface area contributed by atoms with Gasteiger partial charge in [-0.15, -0.1) is 0 Å². The van der Waals surface area contributed by atoms with Crippen molar-refractivity contribution in [1.82, 2.24) is 9.29 Å². The number of carbonyl (C=O) groups excluding carboxylic acids is 1. The van der Waals surface area contributed by atoms with Crippen molar-refractivity contribution in [2.24, 2.45) is 0 Å². The number of likely N-dealkylation sites (N-methyl/N-ethyl adjacent to an activating group) is 1. The molecule has 2 aromatic rings. The van der Waals surface area contributed by atoms with Crippen molar-refractivity contribution >= 4 is 31.5 Å². The zero-order chi connectivity index (χ0) is 22.7. The van der Waals surface area contributed by atoms with E-state index in [0.29, 0.717) is 16.4 Å². The van der Waals surface area contributed by atoms with Crippen LogP contribution in [0.4, 0.5) is 18.9 Å². The average Bonchev–Trinajstić information content (AvgIpc) is 2.67. The summed E-state index contributed by atoms with van der Waals surface area (Å²) in [5.41, 5.74) is -5.92. The van der Waals surface area contributed by atoms with Crippen LogP contribution in [-0.4, -0.2) is 58.2 Å². The highest BCUT2D eigenvalue weighted by atomic mass is 32.2. The Kier molecular flexibility index (Phi) is 6.73. The van der Waals surface area contributed by atoms with Crippen molar-refractivity contribution in [2.75, 3.05) is 26.0 Å². The van der Waals surface area contributed by atoms with Crippen molar-refractivity contribution in [3.8, 4) is 5.75 Å². The summed E-state index contributed by atoms with van der Waals surface area (Å²) in [4.78, 5) is 14.7. The summed E-state index contributed by atoms with van der Waals surface area (Å²) < 4.78 is 91.9. The van der Waals surface area contributed by atoms with Gasteiger partial charge >= 0.3 is 5.51 Å². The van der Waals surface area contributed by atoms with E-state index >= 15 is 0 Å². The number of nitrogens with zero attached hydrogens (tertiary/aromatic N) is 2. The smallest absolute Gasteiger partial charge is 0.495 e. The lowest BCUT2D eigenvalue weighted by atomic mass is 10.3. The first-order chi connectivity index (χ1) is 13.8. The SMILES string of the molecule is COc1ccc(S(=O)(=O)C(F)(F)F)cc1NC(=O)CN(C)S(=O)(=O)c1cccnc1. The van der Waals surface area contributed by atoms with Crippen LogP contribution in [0.2, 0.25) is 0 Å². The first kappa shape index (κ1) is 23.6. The number of sulfonamides is 1. The van der Waals surface area contributed by atoms with Crippen molar-refractivity contribution in [3.63, 3.8) is 0 Å². The minimum atomic E-state index is -5.66. The van der Waals surface area contributed by atoms with E-state index < -0.39 is 42.7 Å². The number of benzene rings is 1. The maximum atomic E-state index is 12.8. The van der Waals surface area contributed by atoms with Gasteiger partial charge in [-0.1, -0.05) is 0 Å². The number of hydrogen-bond acceptors (Lipinski definition) is 7. The van der Waals surface area contributed by atoms with Crippen LogP contribution in [0, 0.1) is 0 Å². The molecule has 0 aliphatic rings. The quantitative estimate of drug-likeness (QED) is 0.657. The maximum absolute atomic E-state index is 12.8. The molecule has 2 rings (SSSR count). The summed E-state index contributed by atoms with van der Waals surface area (Å²) in [5.74, 6) is -1.06. The Morgan fingerprint density at radius 3 is 2.37 bits per heavy atom. The molecule has 0 aliphatic carbocycles. The molecule has 0 atom stereocenters. The normalized spacial score (nSPS) is 12.6. The molecule has 9 nitrogen and oxygen atoms in total. The number of pyridine rings is 1. The molecule has 0 aliphatic heterocycles. The molecular formula is C16H16F3N3O6S2. The number of anilines is 1. The van der Waals surface area contributed by atoms with E-state index in [1.807, 2.05) is 0 Å². The summed E-state index contributed by atoms with van der Waals surface area (Å²) in [7, 11) is -7.45. The van der Waals surface area contributed by atoms with E-state index in [9.17, 15) is 34.8 Å². The van der Waals surface area contributed by atoms with E-state index in [-0.39, 0.29) is 16.3 Å². The number of hydrogen-bond donors (Lipinski definition) is 1. The fourth-order valence-electron chi connectivity index (χ4n) is 2.24. The van der Waals surface area contributed by atoms with Crippen LogP contribution in [-0.2, 0) is 24.7 Å². The van der Waals surface area contributed by atoms with E-state index in [1.165, 1.54) is 18.3 Å². The zero-order valence-corrected chi connectivity index (χ0v) is 17.2. The molecular weight excluding hydrogens is 451 g/mol. The number of aromatic nitrogens is 1. The Balaban J connectivity index is 2.27. The lowest BCUT2D eigenvalue weighted by Crippen LogP contribution is -2.35. The maximum Gasteiger partial charge on any atom is 0.501 e. The van der Waals surface area contributed by atoms with Gasteiger partial charge in [0.05, 0.1) is 24.2 Å². The Labute approximate surface area is 170 Å². The number of alkyl halides is 3. The average molecular weight is 467 g/mol. The first-order valence-corrected chi connectivity index (χ1v) is 10.9. The lowest BCUT2D eigenvalue weighted by Gasteiger charge is -2.18. The van der Waals surface area contributed by atoms with Gasteiger partial charge in [0.25, 0.3) is 9.84 Å². The van der Waals surface area contributed by atoms with Gasteiger partial charge in [0.2, 0.25) is 15.9 Å². The monoisotopic (exact) mass is 467 g/mol. The minimum Gasteiger partial charge on any atom is -0.495 e. The number of amides is 1. The molecule has 0 radical (unpaired) electrons. The van der Waals surface area contributed by atoms with Crippen LogP contribution in [0.25, 0.3) is 0 Å². The summed E-state index contributed by atoms with van der Waals surface area (Å²) in [6.45, 7) is -0.712. The van der Waals surface area contributed by atoms with Crippen LogP contribution in [0.3, 0.4) is 0 Å². The van der Waals surface area contributed by atoms with E-state index in [2.05, 4.69) is 10.3 Å². The van der Waals surface area contributed by atoms with Gasteiger partial charge in [0, 0.05) is 19.4 Å². The molecule has 30 heavy (non-hydrogen) atoms. The number of methoxy groups -OCH3 is 1. The van der Waals surface area contributed by atoms with E-state index in [0.717, 1.165) is 26.4 Å². The van der Waals surface area contributed by atoms with Crippen molar-refractivity contribution < 1.29 is 39.5 Å². The van der Waals surface area contributed by atoms with E-state index in [4.69, 9.17) is 4.74 Å². The van der Waals surface area contributed by atoms with Crippen LogP contribution >= 0.6 is 0 Å². The van der Waals surface area contributed by atoms with Gasteiger partial charge in [-0.3, -0.25) is 9.78 Å². The number of sulfone groups is 1. The molecule has 0 bridgehead atoms. The molecule has 0 unspecified atom stereocenters. The molecule has 164 valence electrons. The highest BCUT2D eigenvalue weighted by molar-refractivity contribution is 7.92. The number of halogens is 3. The molecule has 1 aromatic carbocycles. The molecule has 0 saturated carbocycles. The Bertz CT molecular complexity index is 1140. The fraction of sp³-hybridized carbons (Fsp3) is 0.250. The first-order valence-electron chi connectivity index (χ1n) is 7.96. The number of rotatable bonds is 7. The summed E-state index contributed by atoms with van der Waals surface area (Å²) in [6.07, 6.45) is 2.44. The van der Waals surface area contributed by atoms with E-state index in [1.54, 1.807) is 0 Å². The third-order valence-corrected chi connectivity index (χ3v) is 7.04. The third-order valence-electron chi connectivity index (χ3n) is 3.77. The second-order valence-corrected chi connectivity index (χ2v) is 9.80. The Hall–Kier alpha value is -2.71. The standard InChI is InChI=1S/C16H16F3N3O6S2/c1-22(30(26,27)12-4-3-7-20-9-12)10-15(23)21-13-8-11(5-6-14(13)28-2)29(24,25)16(17,18)19/h3-9H,10H2,1-2H3,(H,21,23). The van der Waals surface area contributed by atoms with Gasteiger partial charge in [-0.2, -0.15) is 17.5 Å². The molecule has 14 heteroatoms. The summed E-state index contributed by atoms with van der Waals surface area (Å²) in [6, 6.07) is 4.85. The molecule has 0 saturated heterocycles. The highest BCUT2D eigenvalue weighted by Gasteiger charge is 2.47. The number of nitrogens with one attached hydrogen (secondary N) is 1. The van der Waals surface area contributed by atoms with Crippen molar-refractivity contribution in [2.45, 2.75) is 15.3 Å².